The number of hydrogen-bond donors (Lipinski definition) is 1. The number of likely N-dealkylation sites (tertiary alicyclic amines) is 1. The molecule has 0 saturated carbocycles. The van der Waals surface area contributed by atoms with Gasteiger partial charge in [-0.3, -0.25) is 4.99 Å². The Morgan fingerprint density at radius 2 is 2.19 bits per heavy atom. The maximum atomic E-state index is 5.95. The van der Waals surface area contributed by atoms with E-state index < -0.39 is 0 Å². The largest absolute Gasteiger partial charge is 0.376 e. The highest BCUT2D eigenvalue weighted by Gasteiger charge is 2.25. The van der Waals surface area contributed by atoms with Gasteiger partial charge in [-0.1, -0.05) is 37.3 Å². The highest BCUT2D eigenvalue weighted by molar-refractivity contribution is 7.07. The summed E-state index contributed by atoms with van der Waals surface area (Å²) in [5.41, 5.74) is 2.62. The highest BCUT2D eigenvalue weighted by Crippen LogP contribution is 2.20. The molecule has 1 N–H and O–H groups in total. The molecule has 2 unspecified atom stereocenters. The van der Waals surface area contributed by atoms with Gasteiger partial charge >= 0.3 is 0 Å². The molecule has 5 heteroatoms. The number of guanidine groups is 1. The maximum Gasteiger partial charge on any atom is 0.193 e. The third kappa shape index (κ3) is 6.08. The molecule has 1 fully saturated rings. The van der Waals surface area contributed by atoms with Gasteiger partial charge in [0.1, 0.15) is 0 Å². The van der Waals surface area contributed by atoms with Crippen LogP contribution in [0, 0.1) is 5.92 Å². The van der Waals surface area contributed by atoms with Gasteiger partial charge in [0.25, 0.3) is 0 Å². The van der Waals surface area contributed by atoms with Crippen LogP contribution in [0.3, 0.4) is 0 Å². The molecule has 1 saturated heterocycles. The van der Waals surface area contributed by atoms with E-state index in [0.717, 1.165) is 38.7 Å². The van der Waals surface area contributed by atoms with Crippen LogP contribution >= 0.6 is 11.3 Å². The fraction of sp³-hybridized carbons (Fsp3) is 0.500. The maximum absolute atomic E-state index is 5.95. The lowest BCUT2D eigenvalue weighted by Gasteiger charge is -2.22. The van der Waals surface area contributed by atoms with Crippen molar-refractivity contribution in [2.24, 2.45) is 10.9 Å². The molecule has 1 aliphatic heterocycles. The van der Waals surface area contributed by atoms with Crippen molar-refractivity contribution in [2.75, 3.05) is 32.8 Å². The molecule has 2 heterocycles. The number of benzene rings is 1. The Morgan fingerprint density at radius 1 is 1.33 bits per heavy atom. The summed E-state index contributed by atoms with van der Waals surface area (Å²) in [5, 5.41) is 7.83. The Labute approximate surface area is 167 Å². The lowest BCUT2D eigenvalue weighted by atomic mass is 10.1. The second kappa shape index (κ2) is 10.5. The van der Waals surface area contributed by atoms with Crippen molar-refractivity contribution < 1.29 is 4.74 Å². The fourth-order valence-electron chi connectivity index (χ4n) is 3.39. The van der Waals surface area contributed by atoms with Gasteiger partial charge in [0.15, 0.2) is 5.96 Å². The highest BCUT2D eigenvalue weighted by atomic mass is 32.1. The minimum absolute atomic E-state index is 0.456. The number of nitrogens with one attached hydrogen (secondary N) is 1. The van der Waals surface area contributed by atoms with Crippen LogP contribution in [0.15, 0.2) is 52.2 Å². The first-order valence-corrected chi connectivity index (χ1v) is 10.9. The van der Waals surface area contributed by atoms with E-state index in [0.29, 0.717) is 18.4 Å². The molecule has 146 valence electrons. The molecule has 0 spiro atoms. The van der Waals surface area contributed by atoms with Crippen LogP contribution in [0.4, 0.5) is 0 Å². The second-order valence-corrected chi connectivity index (χ2v) is 8.03. The first-order valence-electron chi connectivity index (χ1n) is 9.93. The monoisotopic (exact) mass is 385 g/mol. The first kappa shape index (κ1) is 19.9. The van der Waals surface area contributed by atoms with Crippen LogP contribution in [-0.4, -0.2) is 43.6 Å². The summed E-state index contributed by atoms with van der Waals surface area (Å²) in [4.78, 5) is 7.30. The van der Waals surface area contributed by atoms with Gasteiger partial charge in [0, 0.05) is 38.0 Å². The zero-order valence-electron chi connectivity index (χ0n) is 16.4. The van der Waals surface area contributed by atoms with E-state index in [1.807, 2.05) is 6.07 Å². The van der Waals surface area contributed by atoms with E-state index in [1.54, 1.807) is 11.3 Å². The van der Waals surface area contributed by atoms with Crippen molar-refractivity contribution in [3.05, 3.63) is 58.3 Å². The van der Waals surface area contributed by atoms with Gasteiger partial charge in [-0.05, 0) is 41.3 Å². The summed E-state index contributed by atoms with van der Waals surface area (Å²) < 4.78 is 5.95. The Morgan fingerprint density at radius 3 is 2.93 bits per heavy atom. The predicted octanol–water partition coefficient (Wildman–Crippen LogP) is 4.36. The number of aliphatic imine (C=N–C) groups is 1. The number of nitrogens with zero attached hydrogens (tertiary/aromatic N) is 2. The topological polar surface area (TPSA) is 36.9 Å². The van der Waals surface area contributed by atoms with Crippen molar-refractivity contribution >= 4 is 17.3 Å². The number of hydrogen-bond acceptors (Lipinski definition) is 3. The van der Waals surface area contributed by atoms with Crippen molar-refractivity contribution in [1.82, 2.24) is 10.2 Å². The molecule has 0 amide bonds. The molecule has 2 atom stereocenters. The number of thiophene rings is 1. The molecule has 3 rings (SSSR count). The normalized spacial score (nSPS) is 18.7. The Hall–Kier alpha value is -1.85. The quantitative estimate of drug-likeness (QED) is 0.542. The second-order valence-electron chi connectivity index (χ2n) is 7.25. The summed E-state index contributed by atoms with van der Waals surface area (Å²) in [6.07, 6.45) is 1.17. The van der Waals surface area contributed by atoms with Crippen LogP contribution in [0.25, 0.3) is 0 Å². The van der Waals surface area contributed by atoms with Gasteiger partial charge in [0.2, 0.25) is 0 Å². The molecule has 0 radical (unpaired) electrons. The predicted molar refractivity (Wildman–Crippen MR) is 114 cm³/mol. The minimum Gasteiger partial charge on any atom is -0.376 e. The molecule has 2 aromatic rings. The summed E-state index contributed by atoms with van der Waals surface area (Å²) in [5.74, 6) is 2.08. The summed E-state index contributed by atoms with van der Waals surface area (Å²) in [6.45, 7) is 9.70. The van der Waals surface area contributed by atoms with E-state index in [2.05, 4.69) is 65.2 Å². The van der Waals surface area contributed by atoms with E-state index in [1.165, 1.54) is 17.5 Å². The van der Waals surface area contributed by atoms with Crippen LogP contribution in [0.5, 0.6) is 0 Å². The van der Waals surface area contributed by atoms with Crippen LogP contribution in [-0.2, 0) is 11.3 Å². The lowest BCUT2D eigenvalue weighted by molar-refractivity contribution is 0.0906. The van der Waals surface area contributed by atoms with Crippen molar-refractivity contribution in [1.29, 1.82) is 0 Å². The number of rotatable bonds is 8. The van der Waals surface area contributed by atoms with E-state index in [4.69, 9.17) is 9.73 Å². The van der Waals surface area contributed by atoms with Crippen LogP contribution < -0.4 is 5.32 Å². The van der Waals surface area contributed by atoms with Crippen LogP contribution in [0.2, 0.25) is 0 Å². The standard InChI is InChI=1S/C22H31N3OS/c1-3-23-22(24-13-18(2)21-10-12-27-17-21)25-11-9-20(14-25)16-26-15-19-7-5-4-6-8-19/h4-8,10,12,17-18,20H,3,9,11,13-16H2,1-2H3,(H,23,24). The average molecular weight is 386 g/mol. The van der Waals surface area contributed by atoms with E-state index >= 15 is 0 Å². The molecule has 27 heavy (non-hydrogen) atoms. The molecular weight excluding hydrogens is 354 g/mol. The number of ether oxygens (including phenoxy) is 1. The molecule has 1 aromatic heterocycles. The molecular formula is C22H31N3OS. The lowest BCUT2D eigenvalue weighted by Crippen LogP contribution is -2.40. The van der Waals surface area contributed by atoms with Crippen molar-refractivity contribution in [3.8, 4) is 0 Å². The minimum atomic E-state index is 0.456. The van der Waals surface area contributed by atoms with Gasteiger partial charge in [0.05, 0.1) is 13.2 Å². The fourth-order valence-corrected chi connectivity index (χ4v) is 4.17. The van der Waals surface area contributed by atoms with Crippen molar-refractivity contribution in [2.45, 2.75) is 32.8 Å². The zero-order valence-corrected chi connectivity index (χ0v) is 17.3. The molecule has 4 nitrogen and oxygen atoms in total. The van der Waals surface area contributed by atoms with Gasteiger partial charge < -0.3 is 15.0 Å². The molecule has 0 bridgehead atoms. The zero-order chi connectivity index (χ0) is 18.9. The average Bonchev–Trinajstić information content (AvgIpc) is 3.38. The molecule has 0 aliphatic carbocycles. The SMILES string of the molecule is CCNC(=NCC(C)c1ccsc1)N1CCC(COCc2ccccc2)C1. The molecule has 1 aromatic carbocycles. The van der Waals surface area contributed by atoms with Crippen molar-refractivity contribution in [3.63, 3.8) is 0 Å². The third-order valence-electron chi connectivity index (χ3n) is 5.01. The summed E-state index contributed by atoms with van der Waals surface area (Å²) in [6, 6.07) is 12.6. The Kier molecular flexibility index (Phi) is 7.72. The molecule has 1 aliphatic rings. The first-order chi connectivity index (χ1) is 13.3. The van der Waals surface area contributed by atoms with E-state index in [-0.39, 0.29) is 0 Å². The van der Waals surface area contributed by atoms with Gasteiger partial charge in [-0.25, -0.2) is 0 Å². The smallest absolute Gasteiger partial charge is 0.193 e. The summed E-state index contributed by atoms with van der Waals surface area (Å²) >= 11 is 1.76. The van der Waals surface area contributed by atoms with E-state index in [9.17, 15) is 0 Å². The summed E-state index contributed by atoms with van der Waals surface area (Å²) in [7, 11) is 0. The van der Waals surface area contributed by atoms with Crippen LogP contribution in [0.1, 0.15) is 37.3 Å². The Bertz CT molecular complexity index is 687. The van der Waals surface area contributed by atoms with Gasteiger partial charge in [-0.15, -0.1) is 0 Å². The Balaban J connectivity index is 1.47. The van der Waals surface area contributed by atoms with Gasteiger partial charge in [-0.2, -0.15) is 11.3 Å². The third-order valence-corrected chi connectivity index (χ3v) is 5.71.